The topological polar surface area (TPSA) is 149 Å². The molecule has 41 heavy (non-hydrogen) atoms. The van der Waals surface area contributed by atoms with Gasteiger partial charge in [0, 0.05) is 29.4 Å². The van der Waals surface area contributed by atoms with Crippen molar-refractivity contribution in [3.8, 4) is 11.3 Å². The van der Waals surface area contributed by atoms with Gasteiger partial charge in [-0.3, -0.25) is 14.4 Å². The predicted molar refractivity (Wildman–Crippen MR) is 157 cm³/mol. The van der Waals surface area contributed by atoms with Crippen molar-refractivity contribution in [2.45, 2.75) is 25.3 Å². The highest BCUT2D eigenvalue weighted by Gasteiger charge is 2.35. The minimum absolute atomic E-state index is 0.00224. The summed E-state index contributed by atoms with van der Waals surface area (Å²) in [4.78, 5) is 49.3. The molecule has 5 N–H and O–H groups in total. The maximum atomic E-state index is 13.5. The molecule has 10 nitrogen and oxygen atoms in total. The van der Waals surface area contributed by atoms with Gasteiger partial charge in [0.15, 0.2) is 11.5 Å². The Morgan fingerprint density at radius 3 is 2.37 bits per heavy atom. The average Bonchev–Trinajstić information content (AvgIpc) is 3.35. The van der Waals surface area contributed by atoms with Crippen LogP contribution in [-0.2, 0) is 4.79 Å². The number of likely N-dealkylation sites (tertiary alicyclic amines) is 1. The van der Waals surface area contributed by atoms with Crippen LogP contribution >= 0.6 is 11.6 Å². The van der Waals surface area contributed by atoms with E-state index in [2.05, 4.69) is 16.9 Å². The predicted octanol–water partition coefficient (Wildman–Crippen LogP) is 4.43. The average molecular weight is 570 g/mol. The zero-order valence-electron chi connectivity index (χ0n) is 22.1. The summed E-state index contributed by atoms with van der Waals surface area (Å²) in [6.45, 7) is 4.53. The Kier molecular flexibility index (Phi) is 7.84. The van der Waals surface area contributed by atoms with E-state index >= 15 is 0 Å². The third-order valence-electron chi connectivity index (χ3n) is 7.00. The molecule has 1 saturated heterocycles. The summed E-state index contributed by atoms with van der Waals surface area (Å²) in [6, 6.07) is 18.5. The van der Waals surface area contributed by atoms with E-state index in [1.54, 1.807) is 41.3 Å². The molecule has 0 spiro atoms. The van der Waals surface area contributed by atoms with Gasteiger partial charge < -0.3 is 21.8 Å². The molecule has 3 heterocycles. The lowest BCUT2D eigenvalue weighted by Crippen LogP contribution is -2.41. The molecule has 11 heteroatoms. The van der Waals surface area contributed by atoms with Crippen molar-refractivity contribution in [1.82, 2.24) is 19.5 Å². The quantitative estimate of drug-likeness (QED) is 0.221. The van der Waals surface area contributed by atoms with Crippen molar-refractivity contribution in [3.05, 3.63) is 107 Å². The number of carbonyl (C=O) groups excluding carboxylic acids is 3. The van der Waals surface area contributed by atoms with Gasteiger partial charge in [0.2, 0.25) is 0 Å². The fourth-order valence-electron chi connectivity index (χ4n) is 4.92. The third-order valence-corrected chi connectivity index (χ3v) is 7.23. The number of nitrogens with one attached hydrogen (secondary N) is 1. The molecule has 5 rings (SSSR count). The lowest BCUT2D eigenvalue weighted by atomic mass is 9.98. The molecule has 4 aromatic rings. The maximum Gasteiger partial charge on any atom is 0.269 e. The Morgan fingerprint density at radius 2 is 1.71 bits per heavy atom. The van der Waals surface area contributed by atoms with E-state index in [0.29, 0.717) is 46.3 Å². The first-order valence-electron chi connectivity index (χ1n) is 13.0. The van der Waals surface area contributed by atoms with Crippen LogP contribution in [0.25, 0.3) is 16.8 Å². The summed E-state index contributed by atoms with van der Waals surface area (Å²) in [5.41, 5.74) is 7.99. The van der Waals surface area contributed by atoms with E-state index in [1.165, 1.54) is 10.9 Å². The van der Waals surface area contributed by atoms with Crippen molar-refractivity contribution in [2.24, 2.45) is 5.73 Å². The smallest absolute Gasteiger partial charge is 0.269 e. The van der Waals surface area contributed by atoms with Crippen LogP contribution in [0.5, 0.6) is 0 Å². The van der Waals surface area contributed by atoms with Crippen LogP contribution in [-0.4, -0.2) is 43.8 Å². The van der Waals surface area contributed by atoms with Crippen LogP contribution in [0.15, 0.2) is 79.5 Å². The van der Waals surface area contributed by atoms with Crippen LogP contribution in [0.4, 0.5) is 5.82 Å². The van der Waals surface area contributed by atoms with E-state index in [0.717, 1.165) is 18.4 Å². The molecule has 1 atom stereocenters. The van der Waals surface area contributed by atoms with Crippen LogP contribution in [0.2, 0.25) is 5.02 Å². The summed E-state index contributed by atoms with van der Waals surface area (Å²) in [6.07, 6.45) is 3.72. The Balaban J connectivity index is 1.44. The molecule has 0 radical (unpaired) electrons. The highest BCUT2D eigenvalue weighted by Crippen LogP contribution is 2.35. The molecular formula is C30H28ClN7O3. The molecule has 2 aromatic heterocycles. The zero-order valence-corrected chi connectivity index (χ0v) is 22.8. The van der Waals surface area contributed by atoms with Gasteiger partial charge in [-0.15, -0.1) is 0 Å². The minimum atomic E-state index is -0.765. The first-order valence-corrected chi connectivity index (χ1v) is 13.4. The minimum Gasteiger partial charge on any atom is -0.364 e. The highest BCUT2D eigenvalue weighted by molar-refractivity contribution is 6.30. The monoisotopic (exact) mass is 569 g/mol. The molecule has 1 fully saturated rings. The summed E-state index contributed by atoms with van der Waals surface area (Å²) >= 11 is 5.85. The molecule has 0 bridgehead atoms. The van der Waals surface area contributed by atoms with Gasteiger partial charge in [0.05, 0.1) is 11.1 Å². The van der Waals surface area contributed by atoms with E-state index in [-0.39, 0.29) is 23.2 Å². The number of halogens is 1. The Labute approximate surface area is 241 Å². The first-order chi connectivity index (χ1) is 19.7. The number of piperidine rings is 1. The second-order valence-electron chi connectivity index (χ2n) is 9.65. The van der Waals surface area contributed by atoms with Gasteiger partial charge in [0.1, 0.15) is 11.5 Å². The lowest BCUT2D eigenvalue weighted by Gasteiger charge is -2.35. The largest absolute Gasteiger partial charge is 0.364 e. The van der Waals surface area contributed by atoms with Crippen LogP contribution in [0.3, 0.4) is 0 Å². The van der Waals surface area contributed by atoms with Crippen molar-refractivity contribution in [3.63, 3.8) is 0 Å². The molecule has 2 aromatic carbocycles. The zero-order chi connectivity index (χ0) is 29.1. The van der Waals surface area contributed by atoms with Gasteiger partial charge in [-0.05, 0) is 49.1 Å². The van der Waals surface area contributed by atoms with Crippen molar-refractivity contribution < 1.29 is 14.4 Å². The summed E-state index contributed by atoms with van der Waals surface area (Å²) in [7, 11) is 0. The normalized spacial score (nSPS) is 14.9. The summed E-state index contributed by atoms with van der Waals surface area (Å²) in [5, 5.41) is 3.16. The molecule has 0 aliphatic carbocycles. The number of amides is 3. The highest BCUT2D eigenvalue weighted by atomic mass is 35.5. The molecular weight excluding hydrogens is 542 g/mol. The number of benzene rings is 2. The molecule has 1 aliphatic rings. The number of anilines is 1. The number of pyridine rings is 1. The Bertz CT molecular complexity index is 1620. The van der Waals surface area contributed by atoms with E-state index < -0.39 is 11.9 Å². The number of aromatic nitrogens is 3. The van der Waals surface area contributed by atoms with Crippen molar-refractivity contribution in [1.29, 1.82) is 0 Å². The number of primary amides is 1. The lowest BCUT2D eigenvalue weighted by molar-refractivity contribution is -0.128. The number of hydrogen-bond acceptors (Lipinski definition) is 6. The first kappa shape index (κ1) is 27.6. The SMILES string of the molecule is C=C(C(=O)N1CCCCC1c1nc(-c2ccc(C(=O)Nc3ccc(Cl)cn3)cc2)c(C(N)=O)n1N)c1ccccc1. The second kappa shape index (κ2) is 11.6. The van der Waals surface area contributed by atoms with Crippen LogP contribution in [0.1, 0.15) is 57.5 Å². The number of carbonyl (C=O) groups is 3. The number of nitrogens with zero attached hydrogens (tertiary/aromatic N) is 4. The van der Waals surface area contributed by atoms with E-state index in [9.17, 15) is 14.4 Å². The fraction of sp³-hybridized carbons (Fsp3) is 0.167. The van der Waals surface area contributed by atoms with Crippen molar-refractivity contribution >= 4 is 40.7 Å². The van der Waals surface area contributed by atoms with E-state index in [4.69, 9.17) is 28.2 Å². The van der Waals surface area contributed by atoms with Gasteiger partial charge in [-0.25, -0.2) is 14.6 Å². The van der Waals surface area contributed by atoms with Gasteiger partial charge >= 0.3 is 0 Å². The number of imidazole rings is 1. The van der Waals surface area contributed by atoms with Crippen LogP contribution in [0, 0.1) is 0 Å². The number of rotatable bonds is 7. The number of nitrogen functional groups attached to an aromatic ring is 1. The summed E-state index contributed by atoms with van der Waals surface area (Å²) < 4.78 is 1.17. The van der Waals surface area contributed by atoms with Gasteiger partial charge in [-0.2, -0.15) is 0 Å². The van der Waals surface area contributed by atoms with Crippen molar-refractivity contribution in [2.75, 3.05) is 17.7 Å². The van der Waals surface area contributed by atoms with E-state index in [1.807, 2.05) is 30.3 Å². The molecule has 1 unspecified atom stereocenters. The molecule has 1 aliphatic heterocycles. The maximum absolute atomic E-state index is 13.5. The van der Waals surface area contributed by atoms with Crippen LogP contribution < -0.4 is 16.9 Å². The molecule has 3 amide bonds. The standard InChI is InChI=1S/C30H28ClN7O3/c1-18(19-7-3-2-4-8-19)30(41)37-16-6-5-9-23(37)28-36-25(26(27(32)39)38(28)33)20-10-12-21(13-11-20)29(40)35-24-15-14-22(31)17-34-24/h2-4,7-8,10-15,17,23H,1,5-6,9,16,33H2,(H2,32,39)(H,34,35,40). The summed E-state index contributed by atoms with van der Waals surface area (Å²) in [5.74, 6) is 5.75. The number of hydrogen-bond donors (Lipinski definition) is 3. The van der Waals surface area contributed by atoms with Gasteiger partial charge in [-0.1, -0.05) is 60.6 Å². The Hall–Kier alpha value is -4.96. The third kappa shape index (κ3) is 5.68. The van der Waals surface area contributed by atoms with Gasteiger partial charge in [0.25, 0.3) is 17.7 Å². The molecule has 208 valence electrons. The molecule has 0 saturated carbocycles. The second-order valence-corrected chi connectivity index (χ2v) is 10.1. The fourth-order valence-corrected chi connectivity index (χ4v) is 5.03. The number of nitrogens with two attached hydrogens (primary N) is 2. The Morgan fingerprint density at radius 1 is 0.976 bits per heavy atom.